The third-order valence-electron chi connectivity index (χ3n) is 4.75. The number of amides is 1. The molecule has 1 saturated heterocycles. The third-order valence-corrected chi connectivity index (χ3v) is 4.75. The fraction of sp³-hybridized carbons (Fsp3) is 0.227. The number of rotatable bonds is 4. The van der Waals surface area contributed by atoms with Gasteiger partial charge in [0, 0.05) is 26.2 Å². The van der Waals surface area contributed by atoms with Gasteiger partial charge in [-0.05, 0) is 30.2 Å². The van der Waals surface area contributed by atoms with Crippen molar-refractivity contribution in [3.05, 3.63) is 61.1 Å². The van der Waals surface area contributed by atoms with Crippen molar-refractivity contribution in [3.63, 3.8) is 0 Å². The zero-order chi connectivity index (χ0) is 20.1. The monoisotopic (exact) mass is 387 g/mol. The Kier molecular flexibility index (Phi) is 5.43. The van der Waals surface area contributed by atoms with Gasteiger partial charge < -0.3 is 19.5 Å². The minimum absolute atomic E-state index is 0.0330. The van der Waals surface area contributed by atoms with Crippen LogP contribution < -0.4 is 9.64 Å². The highest BCUT2D eigenvalue weighted by Crippen LogP contribution is 2.24. The van der Waals surface area contributed by atoms with Gasteiger partial charge in [0.15, 0.2) is 0 Å². The number of hydrogen-bond acceptors (Lipinski definition) is 5. The summed E-state index contributed by atoms with van der Waals surface area (Å²) in [5, 5.41) is 0.921. The molecule has 1 aliphatic heterocycles. The summed E-state index contributed by atoms with van der Waals surface area (Å²) in [6.07, 6.45) is 2.91. The quantitative estimate of drug-likeness (QED) is 0.549. The van der Waals surface area contributed by atoms with Crippen molar-refractivity contribution < 1.29 is 9.53 Å². The van der Waals surface area contributed by atoms with Gasteiger partial charge in [0.05, 0.1) is 11.1 Å². The van der Waals surface area contributed by atoms with Crippen LogP contribution in [0.1, 0.15) is 5.69 Å². The van der Waals surface area contributed by atoms with Gasteiger partial charge in [0.25, 0.3) is 0 Å². The first-order valence-electron chi connectivity index (χ1n) is 9.41. The number of carbonyl (C=O) groups is 1. The van der Waals surface area contributed by atoms with Gasteiger partial charge in [-0.1, -0.05) is 30.7 Å². The normalized spacial score (nSPS) is 13.7. The first-order valence-corrected chi connectivity index (χ1v) is 9.41. The number of carbonyl (C=O) groups excluding carboxylic acids is 1. The highest BCUT2D eigenvalue weighted by molar-refractivity contribution is 5.89. The number of nitrogens with one attached hydrogen (secondary N) is 1. The molecule has 1 aliphatic rings. The lowest BCUT2D eigenvalue weighted by Crippen LogP contribution is -2.48. The Morgan fingerprint density at radius 2 is 2.00 bits per heavy atom. The molecule has 0 unspecified atom stereocenters. The van der Waals surface area contributed by atoms with Crippen molar-refractivity contribution in [2.75, 3.05) is 37.7 Å². The molecule has 0 spiro atoms. The number of ether oxygens (including phenoxy) is 1. The van der Waals surface area contributed by atoms with Crippen LogP contribution in [-0.2, 0) is 4.79 Å². The lowest BCUT2D eigenvalue weighted by Gasteiger charge is -2.35. The SMILES string of the molecule is C=CC(=O)N1CCN(c2ncnc3[nH]c(C#CCOc4ccccc4)cc23)CC1. The van der Waals surface area contributed by atoms with Crippen LogP contribution in [0.15, 0.2) is 55.4 Å². The zero-order valence-corrected chi connectivity index (χ0v) is 16.0. The lowest BCUT2D eigenvalue weighted by atomic mass is 10.2. The molecule has 1 aromatic carbocycles. The maximum Gasteiger partial charge on any atom is 0.246 e. The Morgan fingerprint density at radius 1 is 1.21 bits per heavy atom. The maximum absolute atomic E-state index is 11.8. The van der Waals surface area contributed by atoms with Gasteiger partial charge in [-0.3, -0.25) is 4.79 Å². The fourth-order valence-electron chi connectivity index (χ4n) is 3.28. The minimum atomic E-state index is -0.0330. The molecule has 0 radical (unpaired) electrons. The number of para-hydroxylation sites is 1. The molecule has 29 heavy (non-hydrogen) atoms. The van der Waals surface area contributed by atoms with E-state index in [1.807, 2.05) is 36.4 Å². The molecule has 1 amide bonds. The van der Waals surface area contributed by atoms with Gasteiger partial charge in [0.1, 0.15) is 30.1 Å². The average molecular weight is 387 g/mol. The number of fused-ring (bicyclic) bond motifs is 1. The van der Waals surface area contributed by atoms with E-state index >= 15 is 0 Å². The number of piperazine rings is 1. The smallest absolute Gasteiger partial charge is 0.246 e. The van der Waals surface area contributed by atoms with Gasteiger partial charge in [-0.25, -0.2) is 9.97 Å². The van der Waals surface area contributed by atoms with Crippen molar-refractivity contribution in [2.24, 2.45) is 0 Å². The second-order valence-electron chi connectivity index (χ2n) is 6.56. The van der Waals surface area contributed by atoms with Gasteiger partial charge in [-0.15, -0.1) is 0 Å². The molecule has 2 aromatic heterocycles. The summed E-state index contributed by atoms with van der Waals surface area (Å²) in [5.41, 5.74) is 1.51. The Morgan fingerprint density at radius 3 is 2.76 bits per heavy atom. The van der Waals surface area contributed by atoms with E-state index < -0.39 is 0 Å². The summed E-state index contributed by atoms with van der Waals surface area (Å²) in [6, 6.07) is 11.5. The van der Waals surface area contributed by atoms with E-state index in [9.17, 15) is 4.79 Å². The maximum atomic E-state index is 11.8. The Labute approximate surface area is 169 Å². The number of aromatic amines is 1. The van der Waals surface area contributed by atoms with Crippen molar-refractivity contribution in [2.45, 2.75) is 0 Å². The van der Waals surface area contributed by atoms with Gasteiger partial charge >= 0.3 is 0 Å². The number of anilines is 1. The molecule has 0 aliphatic carbocycles. The summed E-state index contributed by atoms with van der Waals surface area (Å²) < 4.78 is 5.60. The molecular weight excluding hydrogens is 366 g/mol. The molecule has 1 N–H and O–H groups in total. The average Bonchev–Trinajstić information content (AvgIpc) is 3.20. The van der Waals surface area contributed by atoms with Gasteiger partial charge in [0.2, 0.25) is 5.91 Å². The Hall–Kier alpha value is -3.79. The van der Waals surface area contributed by atoms with Crippen LogP contribution in [0.3, 0.4) is 0 Å². The first-order chi connectivity index (χ1) is 14.2. The zero-order valence-electron chi connectivity index (χ0n) is 16.0. The van der Waals surface area contributed by atoms with E-state index in [-0.39, 0.29) is 5.91 Å². The highest BCUT2D eigenvalue weighted by Gasteiger charge is 2.22. The molecule has 1 fully saturated rings. The summed E-state index contributed by atoms with van der Waals surface area (Å²) in [7, 11) is 0. The van der Waals surface area contributed by atoms with Crippen LogP contribution in [0.4, 0.5) is 5.82 Å². The van der Waals surface area contributed by atoms with Crippen molar-refractivity contribution in [1.82, 2.24) is 19.9 Å². The fourth-order valence-corrected chi connectivity index (χ4v) is 3.28. The summed E-state index contributed by atoms with van der Waals surface area (Å²) >= 11 is 0. The first kappa shape index (κ1) is 18.6. The third kappa shape index (κ3) is 4.22. The number of benzene rings is 1. The van der Waals surface area contributed by atoms with Crippen LogP contribution >= 0.6 is 0 Å². The summed E-state index contributed by atoms with van der Waals surface area (Å²) in [5.74, 6) is 7.71. The lowest BCUT2D eigenvalue weighted by molar-refractivity contribution is -0.126. The summed E-state index contributed by atoms with van der Waals surface area (Å²) in [6.45, 7) is 6.56. The topological polar surface area (TPSA) is 74.4 Å². The van der Waals surface area contributed by atoms with Gasteiger partial charge in [-0.2, -0.15) is 0 Å². The molecule has 146 valence electrons. The van der Waals surface area contributed by atoms with Crippen molar-refractivity contribution in [1.29, 1.82) is 0 Å². The van der Waals surface area contributed by atoms with Crippen LogP contribution in [0.5, 0.6) is 5.75 Å². The summed E-state index contributed by atoms with van der Waals surface area (Å²) in [4.78, 5) is 27.7. The van der Waals surface area contributed by atoms with E-state index in [1.165, 1.54) is 6.08 Å². The van der Waals surface area contributed by atoms with Crippen LogP contribution in [-0.4, -0.2) is 58.5 Å². The van der Waals surface area contributed by atoms with Crippen molar-refractivity contribution in [3.8, 4) is 17.6 Å². The van der Waals surface area contributed by atoms with E-state index in [0.717, 1.165) is 28.3 Å². The van der Waals surface area contributed by atoms with Crippen LogP contribution in [0.2, 0.25) is 0 Å². The number of H-pyrrole nitrogens is 1. The molecule has 4 rings (SSSR count). The van der Waals surface area contributed by atoms with Crippen molar-refractivity contribution >= 4 is 22.8 Å². The molecule has 3 heterocycles. The Bertz CT molecular complexity index is 1070. The molecule has 0 atom stereocenters. The molecular formula is C22H21N5O2. The Balaban J connectivity index is 1.46. The predicted octanol–water partition coefficient (Wildman–Crippen LogP) is 2.22. The minimum Gasteiger partial charge on any atom is -0.481 e. The van der Waals surface area contributed by atoms with E-state index in [4.69, 9.17) is 4.74 Å². The van der Waals surface area contributed by atoms with Crippen LogP contribution in [0, 0.1) is 11.8 Å². The highest BCUT2D eigenvalue weighted by atomic mass is 16.5. The second-order valence-corrected chi connectivity index (χ2v) is 6.56. The molecule has 0 bridgehead atoms. The number of hydrogen-bond donors (Lipinski definition) is 1. The molecule has 3 aromatic rings. The number of aromatic nitrogens is 3. The second kappa shape index (κ2) is 8.48. The van der Waals surface area contributed by atoms with E-state index in [1.54, 1.807) is 11.2 Å². The van der Waals surface area contributed by atoms with Crippen LogP contribution in [0.25, 0.3) is 11.0 Å². The predicted molar refractivity (Wildman–Crippen MR) is 112 cm³/mol. The van der Waals surface area contributed by atoms with E-state index in [2.05, 4.69) is 38.3 Å². The molecule has 7 heteroatoms. The van der Waals surface area contributed by atoms with E-state index in [0.29, 0.717) is 32.8 Å². The standard InChI is InChI=1S/C22H21N5O2/c1-2-20(28)26-10-12-27(13-11-26)22-19-15-17(25-21(19)23-16-24-22)7-6-14-29-18-8-4-3-5-9-18/h2-5,8-9,15-16H,1,10-14H2,(H,23,24,25). The molecule has 7 nitrogen and oxygen atoms in total. The molecule has 0 saturated carbocycles. The number of nitrogens with zero attached hydrogens (tertiary/aromatic N) is 4. The largest absolute Gasteiger partial charge is 0.481 e.